The number of hydrogen-bond donors (Lipinski definition) is 0. The Morgan fingerprint density at radius 2 is 2.11 bits per heavy atom. The van der Waals surface area contributed by atoms with Gasteiger partial charge in [-0.2, -0.15) is 0 Å². The monoisotopic (exact) mass is 271 g/mol. The van der Waals surface area contributed by atoms with Crippen molar-refractivity contribution in [3.05, 3.63) is 23.8 Å². The minimum Gasteiger partial charge on any atom is -0.483 e. The van der Waals surface area contributed by atoms with Gasteiger partial charge in [0, 0.05) is 18.7 Å². The van der Waals surface area contributed by atoms with E-state index in [2.05, 4.69) is 18.7 Å². The molecule has 1 atom stereocenters. The Bertz CT molecular complexity index is 440. The molecule has 19 heavy (non-hydrogen) atoms. The van der Waals surface area contributed by atoms with E-state index >= 15 is 0 Å². The van der Waals surface area contributed by atoms with Crippen molar-refractivity contribution < 1.29 is 18.3 Å². The Morgan fingerprint density at radius 3 is 2.79 bits per heavy atom. The van der Waals surface area contributed by atoms with Gasteiger partial charge in [0.25, 0.3) is 0 Å². The van der Waals surface area contributed by atoms with Crippen molar-refractivity contribution in [2.24, 2.45) is 0 Å². The average molecular weight is 271 g/mol. The van der Waals surface area contributed by atoms with Crippen LogP contribution >= 0.6 is 0 Å². The molecule has 0 amide bonds. The van der Waals surface area contributed by atoms with Crippen LogP contribution in [-0.4, -0.2) is 37.2 Å². The summed E-state index contributed by atoms with van der Waals surface area (Å²) in [6.45, 7) is 7.06. The topological polar surface area (TPSA) is 21.7 Å². The number of benzene rings is 1. The SMILES string of the molecule is CCCN(CC)CC1COc2c(F)cc(F)cc2O1. The van der Waals surface area contributed by atoms with Crippen LogP contribution in [0.4, 0.5) is 8.78 Å². The molecule has 1 aliphatic rings. The largest absolute Gasteiger partial charge is 0.483 e. The van der Waals surface area contributed by atoms with Crippen molar-refractivity contribution in [1.29, 1.82) is 0 Å². The number of hydrogen-bond acceptors (Lipinski definition) is 3. The number of halogens is 2. The van der Waals surface area contributed by atoms with Crippen LogP contribution in [0, 0.1) is 11.6 Å². The third-order valence-electron chi connectivity index (χ3n) is 3.13. The predicted molar refractivity (Wildman–Crippen MR) is 68.7 cm³/mol. The highest BCUT2D eigenvalue weighted by atomic mass is 19.1. The summed E-state index contributed by atoms with van der Waals surface area (Å²) in [6, 6.07) is 1.97. The first kappa shape index (κ1) is 14.1. The molecule has 5 heteroatoms. The van der Waals surface area contributed by atoms with E-state index in [1.54, 1.807) is 0 Å². The Balaban J connectivity index is 2.05. The van der Waals surface area contributed by atoms with Crippen molar-refractivity contribution >= 4 is 0 Å². The molecule has 0 N–H and O–H groups in total. The lowest BCUT2D eigenvalue weighted by molar-refractivity contribution is 0.0565. The van der Waals surface area contributed by atoms with Gasteiger partial charge in [-0.15, -0.1) is 0 Å². The highest BCUT2D eigenvalue weighted by Gasteiger charge is 2.26. The van der Waals surface area contributed by atoms with E-state index in [4.69, 9.17) is 9.47 Å². The molecule has 0 spiro atoms. The molecule has 1 heterocycles. The maximum atomic E-state index is 13.5. The zero-order valence-electron chi connectivity index (χ0n) is 11.3. The maximum Gasteiger partial charge on any atom is 0.197 e. The fourth-order valence-electron chi connectivity index (χ4n) is 2.23. The van der Waals surface area contributed by atoms with Gasteiger partial charge in [-0.1, -0.05) is 13.8 Å². The Kier molecular flexibility index (Phi) is 4.58. The second-order valence-electron chi connectivity index (χ2n) is 4.66. The molecule has 0 aliphatic carbocycles. The third kappa shape index (κ3) is 3.35. The highest BCUT2D eigenvalue weighted by Crippen LogP contribution is 2.35. The van der Waals surface area contributed by atoms with Crippen molar-refractivity contribution in [2.45, 2.75) is 26.4 Å². The zero-order chi connectivity index (χ0) is 13.8. The lowest BCUT2D eigenvalue weighted by Gasteiger charge is -2.30. The van der Waals surface area contributed by atoms with Crippen LogP contribution in [0.15, 0.2) is 12.1 Å². The van der Waals surface area contributed by atoms with E-state index in [9.17, 15) is 8.78 Å². The molecular formula is C14H19F2NO2. The third-order valence-corrected chi connectivity index (χ3v) is 3.13. The predicted octanol–water partition coefficient (Wildman–Crippen LogP) is 2.84. The normalized spacial score (nSPS) is 17.8. The van der Waals surface area contributed by atoms with Crippen molar-refractivity contribution in [2.75, 3.05) is 26.2 Å². The van der Waals surface area contributed by atoms with Crippen LogP contribution < -0.4 is 9.47 Å². The fraction of sp³-hybridized carbons (Fsp3) is 0.571. The summed E-state index contributed by atoms with van der Waals surface area (Å²) >= 11 is 0. The molecule has 3 nitrogen and oxygen atoms in total. The summed E-state index contributed by atoms with van der Waals surface area (Å²) < 4.78 is 37.6. The summed E-state index contributed by atoms with van der Waals surface area (Å²) in [7, 11) is 0. The van der Waals surface area contributed by atoms with Gasteiger partial charge in [0.05, 0.1) is 0 Å². The molecule has 0 fully saturated rings. The van der Waals surface area contributed by atoms with Crippen LogP contribution in [0.1, 0.15) is 20.3 Å². The van der Waals surface area contributed by atoms with Gasteiger partial charge in [0.15, 0.2) is 17.3 Å². The summed E-state index contributed by atoms with van der Waals surface area (Å²) in [5.41, 5.74) is 0. The summed E-state index contributed by atoms with van der Waals surface area (Å²) in [6.07, 6.45) is 0.863. The van der Waals surface area contributed by atoms with Crippen LogP contribution in [0.3, 0.4) is 0 Å². The number of nitrogens with zero attached hydrogens (tertiary/aromatic N) is 1. The van der Waals surface area contributed by atoms with Gasteiger partial charge < -0.3 is 9.47 Å². The van der Waals surface area contributed by atoms with Crippen LogP contribution in [0.25, 0.3) is 0 Å². The first-order chi connectivity index (χ1) is 9.13. The maximum absolute atomic E-state index is 13.5. The van der Waals surface area contributed by atoms with E-state index in [1.165, 1.54) is 6.07 Å². The molecule has 0 bridgehead atoms. The number of likely N-dealkylation sites (N-methyl/N-ethyl adjacent to an activating group) is 1. The Labute approximate surface area is 112 Å². The van der Waals surface area contributed by atoms with Gasteiger partial charge in [0.1, 0.15) is 18.5 Å². The fourth-order valence-corrected chi connectivity index (χ4v) is 2.23. The molecule has 2 rings (SSSR count). The highest BCUT2D eigenvalue weighted by molar-refractivity contribution is 5.42. The van der Waals surface area contributed by atoms with E-state index in [0.717, 1.165) is 25.6 Å². The molecule has 1 aromatic carbocycles. The summed E-state index contributed by atoms with van der Waals surface area (Å²) in [5, 5.41) is 0. The smallest absolute Gasteiger partial charge is 0.197 e. The quantitative estimate of drug-likeness (QED) is 0.822. The first-order valence-corrected chi connectivity index (χ1v) is 6.64. The first-order valence-electron chi connectivity index (χ1n) is 6.64. The number of ether oxygens (including phenoxy) is 2. The minimum absolute atomic E-state index is 0.0104. The van der Waals surface area contributed by atoms with Crippen LogP contribution in [0.5, 0.6) is 11.5 Å². The summed E-state index contributed by atoms with van der Waals surface area (Å²) in [4.78, 5) is 2.23. The van der Waals surface area contributed by atoms with Crippen molar-refractivity contribution in [1.82, 2.24) is 4.90 Å². The molecule has 0 saturated heterocycles. The van der Waals surface area contributed by atoms with Crippen molar-refractivity contribution in [3.8, 4) is 11.5 Å². The standard InChI is InChI=1S/C14H19F2NO2/c1-3-5-17(4-2)8-11-9-18-14-12(16)6-10(15)7-13(14)19-11/h6-7,11H,3-5,8-9H2,1-2H3. The molecule has 1 aliphatic heterocycles. The van der Waals surface area contributed by atoms with E-state index < -0.39 is 11.6 Å². The molecule has 106 valence electrons. The average Bonchev–Trinajstić information content (AvgIpc) is 2.37. The molecule has 1 aromatic rings. The molecular weight excluding hydrogens is 252 g/mol. The number of rotatable bonds is 5. The molecule has 0 radical (unpaired) electrons. The van der Waals surface area contributed by atoms with E-state index in [-0.39, 0.29) is 24.2 Å². The number of fused-ring (bicyclic) bond motifs is 1. The van der Waals surface area contributed by atoms with Gasteiger partial charge in [-0.25, -0.2) is 8.78 Å². The van der Waals surface area contributed by atoms with Crippen LogP contribution in [-0.2, 0) is 0 Å². The van der Waals surface area contributed by atoms with Gasteiger partial charge >= 0.3 is 0 Å². The Hall–Kier alpha value is -1.36. The minimum atomic E-state index is -0.714. The lowest BCUT2D eigenvalue weighted by Crippen LogP contribution is -2.41. The van der Waals surface area contributed by atoms with Crippen LogP contribution in [0.2, 0.25) is 0 Å². The van der Waals surface area contributed by atoms with Gasteiger partial charge in [-0.05, 0) is 19.5 Å². The van der Waals surface area contributed by atoms with Crippen molar-refractivity contribution in [3.63, 3.8) is 0 Å². The molecule has 1 unspecified atom stereocenters. The van der Waals surface area contributed by atoms with E-state index in [0.29, 0.717) is 6.54 Å². The summed E-state index contributed by atoms with van der Waals surface area (Å²) in [5.74, 6) is -1.20. The molecule has 0 aromatic heterocycles. The second-order valence-corrected chi connectivity index (χ2v) is 4.66. The molecule has 0 saturated carbocycles. The van der Waals surface area contributed by atoms with E-state index in [1.807, 2.05) is 0 Å². The zero-order valence-corrected chi connectivity index (χ0v) is 11.3. The lowest BCUT2D eigenvalue weighted by atomic mass is 10.2. The van der Waals surface area contributed by atoms with Gasteiger partial charge in [0.2, 0.25) is 0 Å². The second kappa shape index (κ2) is 6.19. The van der Waals surface area contributed by atoms with Gasteiger partial charge in [-0.3, -0.25) is 4.90 Å². The Morgan fingerprint density at radius 1 is 1.32 bits per heavy atom.